The second kappa shape index (κ2) is 15.9. The van der Waals surface area contributed by atoms with E-state index in [-0.39, 0.29) is 33.0 Å². The Kier molecular flexibility index (Phi) is 13.4. The first kappa shape index (κ1) is 26.2. The van der Waals surface area contributed by atoms with Crippen LogP contribution in [0.1, 0.15) is 25.7 Å². The van der Waals surface area contributed by atoms with Gasteiger partial charge < -0.3 is 29.6 Å². The smallest absolute Gasteiger partial charge is 0.407 e. The highest BCUT2D eigenvalue weighted by Crippen LogP contribution is 2.28. The van der Waals surface area contributed by atoms with Gasteiger partial charge in [-0.1, -0.05) is 19.6 Å². The molecule has 0 aromatic carbocycles. The van der Waals surface area contributed by atoms with Gasteiger partial charge in [0.25, 0.3) is 0 Å². The molecule has 1 rings (SSSR count). The van der Waals surface area contributed by atoms with Crippen molar-refractivity contribution in [2.24, 2.45) is 11.8 Å². The minimum absolute atomic E-state index is 0.00367. The quantitative estimate of drug-likeness (QED) is 0.177. The third-order valence-corrected chi connectivity index (χ3v) is 4.61. The van der Waals surface area contributed by atoms with Crippen LogP contribution >= 0.6 is 0 Å². The third-order valence-electron chi connectivity index (χ3n) is 4.61. The zero-order valence-electron chi connectivity index (χ0n) is 17.8. The number of amides is 1. The number of ether oxygens (including phenoxy) is 4. The van der Waals surface area contributed by atoms with Gasteiger partial charge in [-0.25, -0.2) is 14.4 Å². The zero-order valence-corrected chi connectivity index (χ0v) is 17.8. The van der Waals surface area contributed by atoms with Gasteiger partial charge in [-0.05, 0) is 37.6 Å². The van der Waals surface area contributed by atoms with Crippen molar-refractivity contribution < 1.29 is 38.1 Å². The van der Waals surface area contributed by atoms with Crippen LogP contribution in [0.2, 0.25) is 0 Å². The van der Waals surface area contributed by atoms with Crippen molar-refractivity contribution in [2.45, 2.75) is 25.7 Å². The first-order valence-electron chi connectivity index (χ1n) is 10.3. The fourth-order valence-corrected chi connectivity index (χ4v) is 3.17. The first-order chi connectivity index (χ1) is 14.9. The lowest BCUT2D eigenvalue weighted by Crippen LogP contribution is -2.36. The summed E-state index contributed by atoms with van der Waals surface area (Å²) >= 11 is 0. The maximum atomic E-state index is 11.7. The molecule has 1 fully saturated rings. The van der Waals surface area contributed by atoms with E-state index < -0.39 is 24.0 Å². The molecule has 31 heavy (non-hydrogen) atoms. The molecule has 1 aliphatic carbocycles. The molecule has 0 aromatic heterocycles. The van der Waals surface area contributed by atoms with Crippen molar-refractivity contribution >= 4 is 24.0 Å². The van der Waals surface area contributed by atoms with Gasteiger partial charge in [0.1, 0.15) is 26.4 Å². The number of hydrogen-bond acceptors (Lipinski definition) is 9. The largest absolute Gasteiger partial charge is 0.461 e. The molecular formula is C21H32N2O8. The lowest BCUT2D eigenvalue weighted by Gasteiger charge is -2.29. The van der Waals surface area contributed by atoms with Gasteiger partial charge in [-0.3, -0.25) is 4.79 Å². The van der Waals surface area contributed by atoms with Crippen LogP contribution in [0.15, 0.2) is 25.3 Å². The highest BCUT2D eigenvalue weighted by Gasteiger charge is 2.22. The number of alkyl carbamates (subject to hydrolysis) is 1. The molecule has 0 bridgehead atoms. The molecule has 0 radical (unpaired) electrons. The van der Waals surface area contributed by atoms with Crippen LogP contribution in [0.25, 0.3) is 0 Å². The summed E-state index contributed by atoms with van der Waals surface area (Å²) in [6, 6.07) is 0. The van der Waals surface area contributed by atoms with Gasteiger partial charge in [-0.15, -0.1) is 0 Å². The first-order valence-corrected chi connectivity index (χ1v) is 10.3. The minimum atomic E-state index is -0.562. The second-order valence-electron chi connectivity index (χ2n) is 7.01. The number of esters is 3. The summed E-state index contributed by atoms with van der Waals surface area (Å²) in [6.07, 6.45) is 5.58. The summed E-state index contributed by atoms with van der Waals surface area (Å²) < 4.78 is 19.4. The lowest BCUT2D eigenvalue weighted by atomic mass is 9.81. The maximum absolute atomic E-state index is 11.7. The van der Waals surface area contributed by atoms with Crippen molar-refractivity contribution in [3.63, 3.8) is 0 Å². The van der Waals surface area contributed by atoms with Crippen LogP contribution in [0.3, 0.4) is 0 Å². The Balaban J connectivity index is 2.10. The van der Waals surface area contributed by atoms with Crippen LogP contribution in [0, 0.1) is 11.8 Å². The molecule has 0 heterocycles. The van der Waals surface area contributed by atoms with E-state index in [1.807, 2.05) is 0 Å². The normalized spacial score (nSPS) is 17.7. The monoisotopic (exact) mass is 440 g/mol. The van der Waals surface area contributed by atoms with Crippen LogP contribution in [-0.2, 0) is 33.3 Å². The minimum Gasteiger partial charge on any atom is -0.461 e. The SMILES string of the molecule is C=CC(=O)OCCOC(=O)CNCC1CCCC(CNC(=O)OCCOC(=O)C=C)C1. The molecule has 10 nitrogen and oxygen atoms in total. The van der Waals surface area contributed by atoms with Gasteiger partial charge >= 0.3 is 24.0 Å². The van der Waals surface area contributed by atoms with E-state index in [1.165, 1.54) is 0 Å². The Morgan fingerprint density at radius 2 is 1.35 bits per heavy atom. The van der Waals surface area contributed by atoms with Crippen molar-refractivity contribution in [1.82, 2.24) is 10.6 Å². The summed E-state index contributed by atoms with van der Waals surface area (Å²) in [5, 5.41) is 5.82. The molecule has 2 N–H and O–H groups in total. The Morgan fingerprint density at radius 3 is 1.97 bits per heavy atom. The Hall–Kier alpha value is -2.88. The van der Waals surface area contributed by atoms with E-state index in [4.69, 9.17) is 18.9 Å². The molecule has 0 spiro atoms. The van der Waals surface area contributed by atoms with Crippen molar-refractivity contribution in [3.8, 4) is 0 Å². The summed E-state index contributed by atoms with van der Waals surface area (Å²) in [6.45, 7) is 7.77. The number of carbonyl (C=O) groups is 4. The molecular weight excluding hydrogens is 408 g/mol. The maximum Gasteiger partial charge on any atom is 0.407 e. The van der Waals surface area contributed by atoms with Gasteiger partial charge in [0.15, 0.2) is 0 Å². The van der Waals surface area contributed by atoms with Gasteiger partial charge in [0.05, 0.1) is 6.54 Å². The average molecular weight is 440 g/mol. The Morgan fingerprint density at radius 1 is 0.806 bits per heavy atom. The number of nitrogens with one attached hydrogen (secondary N) is 2. The molecule has 2 unspecified atom stereocenters. The van der Waals surface area contributed by atoms with Gasteiger partial charge in [0, 0.05) is 18.7 Å². The van der Waals surface area contributed by atoms with Crippen LogP contribution < -0.4 is 10.6 Å². The molecule has 0 aromatic rings. The van der Waals surface area contributed by atoms with E-state index in [0.29, 0.717) is 24.9 Å². The number of rotatable bonds is 14. The number of carbonyl (C=O) groups excluding carboxylic acids is 4. The van der Waals surface area contributed by atoms with E-state index in [9.17, 15) is 19.2 Å². The Labute approximate surface area is 182 Å². The Bertz CT molecular complexity index is 623. The zero-order chi connectivity index (χ0) is 22.9. The molecule has 10 heteroatoms. The third kappa shape index (κ3) is 13.1. The topological polar surface area (TPSA) is 129 Å². The molecule has 1 saturated carbocycles. The van der Waals surface area contributed by atoms with E-state index in [2.05, 4.69) is 23.8 Å². The lowest BCUT2D eigenvalue weighted by molar-refractivity contribution is -0.148. The van der Waals surface area contributed by atoms with Crippen LogP contribution in [-0.4, -0.2) is 70.1 Å². The summed E-state index contributed by atoms with van der Waals surface area (Å²) in [5.41, 5.74) is 0. The van der Waals surface area contributed by atoms with Crippen LogP contribution in [0.4, 0.5) is 4.79 Å². The molecule has 1 amide bonds. The van der Waals surface area contributed by atoms with E-state index in [1.54, 1.807) is 0 Å². The highest BCUT2D eigenvalue weighted by atomic mass is 16.6. The average Bonchev–Trinajstić information content (AvgIpc) is 2.78. The van der Waals surface area contributed by atoms with E-state index in [0.717, 1.165) is 37.8 Å². The molecule has 174 valence electrons. The highest BCUT2D eigenvalue weighted by molar-refractivity contribution is 5.81. The predicted octanol–water partition coefficient (Wildman–Crippen LogP) is 1.11. The predicted molar refractivity (Wildman–Crippen MR) is 111 cm³/mol. The fourth-order valence-electron chi connectivity index (χ4n) is 3.17. The molecule has 0 saturated heterocycles. The standard InChI is InChI=1S/C21H32N2O8/c1-3-18(24)28-8-9-30-20(26)15-22-13-16-6-5-7-17(12-16)14-23-21(27)31-11-10-29-19(25)4-2/h3-4,16-17,22H,1-2,5-15H2,(H,23,27). The summed E-state index contributed by atoms with van der Waals surface area (Å²) in [5.74, 6) is -0.800. The van der Waals surface area contributed by atoms with Crippen molar-refractivity contribution in [2.75, 3.05) is 46.1 Å². The van der Waals surface area contributed by atoms with Gasteiger partial charge in [0.2, 0.25) is 0 Å². The van der Waals surface area contributed by atoms with Crippen molar-refractivity contribution in [1.29, 1.82) is 0 Å². The summed E-state index contributed by atoms with van der Waals surface area (Å²) in [4.78, 5) is 45.1. The number of hydrogen-bond donors (Lipinski definition) is 2. The second-order valence-corrected chi connectivity index (χ2v) is 7.01. The molecule has 1 aliphatic rings. The molecule has 2 atom stereocenters. The molecule has 0 aliphatic heterocycles. The summed E-state index contributed by atoms with van der Waals surface area (Å²) in [7, 11) is 0. The van der Waals surface area contributed by atoms with Crippen molar-refractivity contribution in [3.05, 3.63) is 25.3 Å². The van der Waals surface area contributed by atoms with E-state index >= 15 is 0 Å². The van der Waals surface area contributed by atoms with Gasteiger partial charge in [-0.2, -0.15) is 0 Å². The fraction of sp³-hybridized carbons (Fsp3) is 0.619. The van der Waals surface area contributed by atoms with Crippen LogP contribution in [0.5, 0.6) is 0 Å².